The molecule has 19 heavy (non-hydrogen) atoms. The molecule has 100 valence electrons. The first-order valence-corrected chi connectivity index (χ1v) is 6.78. The Morgan fingerprint density at radius 2 is 1.95 bits per heavy atom. The van der Waals surface area contributed by atoms with Crippen LogP contribution in [-0.4, -0.2) is 7.05 Å². The number of nitrogens with two attached hydrogens (primary N) is 1. The zero-order valence-corrected chi connectivity index (χ0v) is 12.5. The van der Waals surface area contributed by atoms with Crippen molar-refractivity contribution in [1.29, 1.82) is 0 Å². The number of hydrogen-bond acceptors (Lipinski definition) is 2. The molecule has 0 unspecified atom stereocenters. The van der Waals surface area contributed by atoms with E-state index < -0.39 is 0 Å². The minimum absolute atomic E-state index is 0.202. The van der Waals surface area contributed by atoms with Crippen LogP contribution in [0.3, 0.4) is 0 Å². The normalized spacial score (nSPS) is 10.5. The number of hydrogen-bond donors (Lipinski definition) is 1. The number of nitrogens with zero attached hydrogens (tertiary/aromatic N) is 1. The van der Waals surface area contributed by atoms with Crippen LogP contribution >= 0.6 is 15.9 Å². The van der Waals surface area contributed by atoms with E-state index in [1.165, 1.54) is 6.07 Å². The second-order valence-corrected chi connectivity index (χ2v) is 5.55. The number of aryl methyl sites for hydroxylation is 1. The van der Waals surface area contributed by atoms with Gasteiger partial charge in [-0.25, -0.2) is 4.39 Å². The number of nitrogen functional groups attached to an aromatic ring is 1. The van der Waals surface area contributed by atoms with Crippen LogP contribution in [0.2, 0.25) is 0 Å². The van der Waals surface area contributed by atoms with E-state index in [2.05, 4.69) is 20.8 Å². The summed E-state index contributed by atoms with van der Waals surface area (Å²) in [5, 5.41) is 0. The lowest BCUT2D eigenvalue weighted by Crippen LogP contribution is -2.18. The predicted molar refractivity (Wildman–Crippen MR) is 81.8 cm³/mol. The molecule has 2 N–H and O–H groups in total. The standard InChI is InChI=1S/C15H16BrFN2/c1-10-7-13(17)5-3-11(10)9-19(2)15-6-4-12(16)8-14(15)18/h3-8H,9,18H2,1-2H3. The maximum absolute atomic E-state index is 13.1. The van der Waals surface area contributed by atoms with Gasteiger partial charge in [0.2, 0.25) is 0 Å². The van der Waals surface area contributed by atoms with Gasteiger partial charge in [-0.15, -0.1) is 0 Å². The molecule has 0 amide bonds. The molecule has 2 aromatic carbocycles. The SMILES string of the molecule is Cc1cc(F)ccc1CN(C)c1ccc(Br)cc1N. The molecule has 0 saturated carbocycles. The molecule has 0 fully saturated rings. The summed E-state index contributed by atoms with van der Waals surface area (Å²) in [6, 6.07) is 10.7. The lowest BCUT2D eigenvalue weighted by molar-refractivity contribution is 0.625. The Balaban J connectivity index is 2.23. The van der Waals surface area contributed by atoms with Crippen molar-refractivity contribution >= 4 is 27.3 Å². The fourth-order valence-electron chi connectivity index (χ4n) is 2.05. The maximum Gasteiger partial charge on any atom is 0.123 e. The van der Waals surface area contributed by atoms with E-state index in [4.69, 9.17) is 5.73 Å². The molecular formula is C15H16BrFN2. The first-order chi connectivity index (χ1) is 8.97. The topological polar surface area (TPSA) is 29.3 Å². The van der Waals surface area contributed by atoms with Crippen LogP contribution in [0.4, 0.5) is 15.8 Å². The first kappa shape index (κ1) is 13.9. The molecular weight excluding hydrogens is 307 g/mol. The van der Waals surface area contributed by atoms with Crippen LogP contribution in [0, 0.1) is 12.7 Å². The Bertz CT molecular complexity index is 599. The summed E-state index contributed by atoms with van der Waals surface area (Å²) in [6.07, 6.45) is 0. The highest BCUT2D eigenvalue weighted by molar-refractivity contribution is 9.10. The first-order valence-electron chi connectivity index (χ1n) is 5.98. The quantitative estimate of drug-likeness (QED) is 0.861. The highest BCUT2D eigenvalue weighted by Gasteiger charge is 2.08. The van der Waals surface area contributed by atoms with E-state index >= 15 is 0 Å². The van der Waals surface area contributed by atoms with E-state index in [9.17, 15) is 4.39 Å². The largest absolute Gasteiger partial charge is 0.397 e. The smallest absolute Gasteiger partial charge is 0.123 e. The molecule has 2 nitrogen and oxygen atoms in total. The van der Waals surface area contributed by atoms with Gasteiger partial charge in [0.05, 0.1) is 11.4 Å². The number of benzene rings is 2. The van der Waals surface area contributed by atoms with Gasteiger partial charge in [0.25, 0.3) is 0 Å². The van der Waals surface area contributed by atoms with Crippen LogP contribution in [0.25, 0.3) is 0 Å². The van der Waals surface area contributed by atoms with Gasteiger partial charge in [0, 0.05) is 18.1 Å². The molecule has 0 aliphatic rings. The third kappa shape index (κ3) is 3.26. The number of anilines is 2. The molecule has 0 aromatic heterocycles. The Morgan fingerprint density at radius 3 is 2.58 bits per heavy atom. The average Bonchev–Trinajstić information content (AvgIpc) is 2.32. The lowest BCUT2D eigenvalue weighted by Gasteiger charge is -2.22. The van der Waals surface area contributed by atoms with Crippen molar-refractivity contribution in [2.24, 2.45) is 0 Å². The van der Waals surface area contributed by atoms with E-state index in [1.54, 1.807) is 6.07 Å². The highest BCUT2D eigenvalue weighted by Crippen LogP contribution is 2.27. The molecule has 0 saturated heterocycles. The zero-order valence-electron chi connectivity index (χ0n) is 11.0. The predicted octanol–water partition coefficient (Wildman–Crippen LogP) is 4.12. The Labute approximate surface area is 121 Å². The van der Waals surface area contributed by atoms with Crippen LogP contribution in [0.15, 0.2) is 40.9 Å². The number of halogens is 2. The summed E-state index contributed by atoms with van der Waals surface area (Å²) in [5.74, 6) is -0.202. The molecule has 0 aliphatic heterocycles. The third-order valence-electron chi connectivity index (χ3n) is 3.11. The summed E-state index contributed by atoms with van der Waals surface area (Å²) in [4.78, 5) is 2.06. The molecule has 2 aromatic rings. The van der Waals surface area contributed by atoms with Crippen molar-refractivity contribution in [2.75, 3.05) is 17.7 Å². The summed E-state index contributed by atoms with van der Waals surface area (Å²) in [7, 11) is 1.97. The summed E-state index contributed by atoms with van der Waals surface area (Å²) >= 11 is 3.39. The Morgan fingerprint density at radius 1 is 1.21 bits per heavy atom. The molecule has 2 rings (SSSR count). The molecule has 0 atom stereocenters. The summed E-state index contributed by atoms with van der Waals surface area (Å²) in [5.41, 5.74) is 9.73. The number of rotatable bonds is 3. The second kappa shape index (κ2) is 5.61. The van der Waals surface area contributed by atoms with Gasteiger partial charge in [-0.3, -0.25) is 0 Å². The fourth-order valence-corrected chi connectivity index (χ4v) is 2.43. The van der Waals surface area contributed by atoms with Crippen LogP contribution in [0.5, 0.6) is 0 Å². The van der Waals surface area contributed by atoms with Gasteiger partial charge in [0.15, 0.2) is 0 Å². The monoisotopic (exact) mass is 322 g/mol. The van der Waals surface area contributed by atoms with E-state index in [1.807, 2.05) is 38.2 Å². The van der Waals surface area contributed by atoms with Gasteiger partial charge in [-0.1, -0.05) is 22.0 Å². The van der Waals surface area contributed by atoms with E-state index in [0.29, 0.717) is 6.54 Å². The van der Waals surface area contributed by atoms with Crippen molar-refractivity contribution in [3.05, 3.63) is 57.8 Å². The van der Waals surface area contributed by atoms with E-state index in [0.717, 1.165) is 27.0 Å². The van der Waals surface area contributed by atoms with Crippen molar-refractivity contribution in [2.45, 2.75) is 13.5 Å². The molecule has 0 spiro atoms. The van der Waals surface area contributed by atoms with Gasteiger partial charge in [-0.2, -0.15) is 0 Å². The van der Waals surface area contributed by atoms with Crippen LogP contribution in [-0.2, 0) is 6.54 Å². The minimum Gasteiger partial charge on any atom is -0.397 e. The molecule has 0 aliphatic carbocycles. The van der Waals surface area contributed by atoms with Crippen molar-refractivity contribution in [3.8, 4) is 0 Å². The van der Waals surface area contributed by atoms with Gasteiger partial charge in [0.1, 0.15) is 5.82 Å². The maximum atomic E-state index is 13.1. The average molecular weight is 323 g/mol. The molecule has 0 bridgehead atoms. The van der Waals surface area contributed by atoms with Crippen molar-refractivity contribution in [3.63, 3.8) is 0 Å². The minimum atomic E-state index is -0.202. The summed E-state index contributed by atoms with van der Waals surface area (Å²) in [6.45, 7) is 2.61. The van der Waals surface area contributed by atoms with Crippen molar-refractivity contribution in [1.82, 2.24) is 0 Å². The Kier molecular flexibility index (Phi) is 4.10. The fraction of sp³-hybridized carbons (Fsp3) is 0.200. The molecule has 0 heterocycles. The van der Waals surface area contributed by atoms with Gasteiger partial charge >= 0.3 is 0 Å². The van der Waals surface area contributed by atoms with Gasteiger partial charge in [-0.05, 0) is 48.4 Å². The Hall–Kier alpha value is -1.55. The van der Waals surface area contributed by atoms with Gasteiger partial charge < -0.3 is 10.6 Å². The lowest BCUT2D eigenvalue weighted by atomic mass is 10.1. The molecule has 0 radical (unpaired) electrons. The molecule has 4 heteroatoms. The summed E-state index contributed by atoms with van der Waals surface area (Å²) < 4.78 is 14.0. The third-order valence-corrected chi connectivity index (χ3v) is 3.61. The van der Waals surface area contributed by atoms with Crippen molar-refractivity contribution < 1.29 is 4.39 Å². The highest BCUT2D eigenvalue weighted by atomic mass is 79.9. The van der Waals surface area contributed by atoms with Crippen LogP contribution in [0.1, 0.15) is 11.1 Å². The van der Waals surface area contributed by atoms with E-state index in [-0.39, 0.29) is 5.82 Å². The second-order valence-electron chi connectivity index (χ2n) is 4.63. The van der Waals surface area contributed by atoms with Crippen LogP contribution < -0.4 is 10.6 Å². The zero-order chi connectivity index (χ0) is 14.0.